The zero-order valence-electron chi connectivity index (χ0n) is 11.5. The van der Waals surface area contributed by atoms with Gasteiger partial charge in [0.25, 0.3) is 0 Å². The molecule has 0 radical (unpaired) electrons. The summed E-state index contributed by atoms with van der Waals surface area (Å²) in [4.78, 5) is 0. The topological polar surface area (TPSA) is 29.5 Å². The Balaban J connectivity index is 2.06. The molecule has 1 aliphatic carbocycles. The van der Waals surface area contributed by atoms with Gasteiger partial charge in [-0.05, 0) is 36.8 Å². The van der Waals surface area contributed by atoms with Crippen LogP contribution in [0.3, 0.4) is 0 Å². The second-order valence-corrected chi connectivity index (χ2v) is 5.44. The summed E-state index contributed by atoms with van der Waals surface area (Å²) in [6, 6.07) is 6.16. The van der Waals surface area contributed by atoms with Gasteiger partial charge >= 0.3 is 0 Å². The van der Waals surface area contributed by atoms with Crippen LogP contribution in [-0.2, 0) is 6.42 Å². The van der Waals surface area contributed by atoms with E-state index >= 15 is 0 Å². The van der Waals surface area contributed by atoms with Gasteiger partial charge < -0.3 is 9.84 Å². The minimum Gasteiger partial charge on any atom is -0.496 e. The molecule has 0 amide bonds. The van der Waals surface area contributed by atoms with Gasteiger partial charge in [-0.15, -0.1) is 0 Å². The van der Waals surface area contributed by atoms with Crippen molar-refractivity contribution < 1.29 is 9.84 Å². The van der Waals surface area contributed by atoms with Crippen LogP contribution in [-0.4, -0.2) is 18.3 Å². The average molecular weight is 248 g/mol. The van der Waals surface area contributed by atoms with E-state index in [0.29, 0.717) is 5.92 Å². The lowest BCUT2D eigenvalue weighted by Gasteiger charge is -2.27. The Hall–Kier alpha value is -1.02. The molecule has 0 aromatic heterocycles. The molecule has 1 atom stereocenters. The first kappa shape index (κ1) is 13.4. The first-order valence-corrected chi connectivity index (χ1v) is 7.03. The summed E-state index contributed by atoms with van der Waals surface area (Å²) >= 11 is 0. The number of benzene rings is 1. The molecule has 0 heterocycles. The van der Waals surface area contributed by atoms with Crippen LogP contribution in [0, 0.1) is 12.8 Å². The van der Waals surface area contributed by atoms with Gasteiger partial charge in [0.05, 0.1) is 13.2 Å². The van der Waals surface area contributed by atoms with Crippen molar-refractivity contribution in [3.63, 3.8) is 0 Å². The molecule has 1 unspecified atom stereocenters. The van der Waals surface area contributed by atoms with E-state index in [1.54, 1.807) is 7.11 Å². The number of methoxy groups -OCH3 is 1. The van der Waals surface area contributed by atoms with Crippen molar-refractivity contribution in [1.82, 2.24) is 0 Å². The quantitative estimate of drug-likeness (QED) is 0.884. The molecule has 0 saturated heterocycles. The molecule has 100 valence electrons. The van der Waals surface area contributed by atoms with Crippen LogP contribution in [0.5, 0.6) is 5.75 Å². The third kappa shape index (κ3) is 3.05. The summed E-state index contributed by atoms with van der Waals surface area (Å²) in [7, 11) is 1.71. The van der Waals surface area contributed by atoms with Gasteiger partial charge in [-0.3, -0.25) is 0 Å². The van der Waals surface area contributed by atoms with Gasteiger partial charge in [-0.2, -0.15) is 0 Å². The predicted octanol–water partition coefficient (Wildman–Crippen LogP) is 3.49. The van der Waals surface area contributed by atoms with Crippen LogP contribution >= 0.6 is 0 Å². The van der Waals surface area contributed by atoms with Gasteiger partial charge in [-0.25, -0.2) is 0 Å². The van der Waals surface area contributed by atoms with Crippen LogP contribution in [0.2, 0.25) is 0 Å². The Morgan fingerprint density at radius 1 is 1.28 bits per heavy atom. The highest BCUT2D eigenvalue weighted by Crippen LogP contribution is 2.30. The smallest absolute Gasteiger partial charge is 0.125 e. The van der Waals surface area contributed by atoms with Crippen molar-refractivity contribution >= 4 is 0 Å². The summed E-state index contributed by atoms with van der Waals surface area (Å²) in [5, 5.41) is 10.4. The molecule has 0 spiro atoms. The van der Waals surface area contributed by atoms with E-state index < -0.39 is 0 Å². The van der Waals surface area contributed by atoms with E-state index in [4.69, 9.17) is 4.74 Å². The third-order valence-corrected chi connectivity index (χ3v) is 4.12. The van der Waals surface area contributed by atoms with Crippen molar-refractivity contribution in [3.05, 3.63) is 29.3 Å². The lowest BCUT2D eigenvalue weighted by Crippen LogP contribution is -2.25. The van der Waals surface area contributed by atoms with Crippen LogP contribution in [0.25, 0.3) is 0 Å². The standard InChI is InChI=1S/C16H24O2/c1-12-7-6-10-14(16(12)18-2)11-15(17)13-8-4-3-5-9-13/h6-7,10,13,15,17H,3-5,8-9,11H2,1-2H3. The highest BCUT2D eigenvalue weighted by Gasteiger charge is 2.23. The lowest BCUT2D eigenvalue weighted by molar-refractivity contribution is 0.0845. The van der Waals surface area contributed by atoms with E-state index in [-0.39, 0.29) is 6.10 Å². The van der Waals surface area contributed by atoms with Gasteiger partial charge in [0, 0.05) is 6.42 Å². The summed E-state index contributed by atoms with van der Waals surface area (Å²) in [6.07, 6.45) is 6.72. The van der Waals surface area contributed by atoms with Gasteiger partial charge in [0.15, 0.2) is 0 Å². The zero-order chi connectivity index (χ0) is 13.0. The average Bonchev–Trinajstić information content (AvgIpc) is 2.40. The largest absolute Gasteiger partial charge is 0.496 e. The van der Waals surface area contributed by atoms with Gasteiger partial charge in [-0.1, -0.05) is 37.5 Å². The van der Waals surface area contributed by atoms with E-state index in [1.165, 1.54) is 32.1 Å². The summed E-state index contributed by atoms with van der Waals surface area (Å²) in [6.45, 7) is 2.05. The first-order valence-electron chi connectivity index (χ1n) is 7.03. The maximum Gasteiger partial charge on any atom is 0.125 e. The van der Waals surface area contributed by atoms with Crippen molar-refractivity contribution in [2.45, 2.75) is 51.6 Å². The molecule has 18 heavy (non-hydrogen) atoms. The number of hydrogen-bond acceptors (Lipinski definition) is 2. The fraction of sp³-hybridized carbons (Fsp3) is 0.625. The summed E-state index contributed by atoms with van der Waals surface area (Å²) < 4.78 is 5.45. The summed E-state index contributed by atoms with van der Waals surface area (Å²) in [5.74, 6) is 1.41. The maximum absolute atomic E-state index is 10.4. The van der Waals surface area contributed by atoms with E-state index in [1.807, 2.05) is 6.07 Å². The Labute approximate surface area is 110 Å². The van der Waals surface area contributed by atoms with Crippen LogP contribution in [0.4, 0.5) is 0 Å². The Kier molecular flexibility index (Phi) is 4.65. The highest BCUT2D eigenvalue weighted by atomic mass is 16.5. The van der Waals surface area contributed by atoms with Crippen molar-refractivity contribution in [2.75, 3.05) is 7.11 Å². The fourth-order valence-corrected chi connectivity index (χ4v) is 3.08. The van der Waals surface area contributed by atoms with Crippen molar-refractivity contribution in [3.8, 4) is 5.75 Å². The fourth-order valence-electron chi connectivity index (χ4n) is 3.08. The van der Waals surface area contributed by atoms with Crippen molar-refractivity contribution in [2.24, 2.45) is 5.92 Å². The Bertz CT molecular complexity index is 381. The number of aliphatic hydroxyl groups excluding tert-OH is 1. The molecular weight excluding hydrogens is 224 g/mol. The Morgan fingerprint density at radius 3 is 2.67 bits per heavy atom. The molecule has 1 saturated carbocycles. The number of rotatable bonds is 4. The van der Waals surface area contributed by atoms with Gasteiger partial charge in [0.1, 0.15) is 5.75 Å². The van der Waals surface area contributed by atoms with Crippen LogP contribution in [0.15, 0.2) is 18.2 Å². The molecule has 1 N–H and O–H groups in total. The molecule has 1 fully saturated rings. The number of aryl methyl sites for hydroxylation is 1. The second kappa shape index (κ2) is 6.24. The normalized spacial score (nSPS) is 18.6. The molecule has 0 aliphatic heterocycles. The minimum absolute atomic E-state index is 0.221. The first-order chi connectivity index (χ1) is 8.72. The number of hydrogen-bond donors (Lipinski definition) is 1. The zero-order valence-corrected chi connectivity index (χ0v) is 11.5. The minimum atomic E-state index is -0.221. The molecule has 2 heteroatoms. The second-order valence-electron chi connectivity index (χ2n) is 5.44. The summed E-state index contributed by atoms with van der Waals surface area (Å²) in [5.41, 5.74) is 2.28. The monoisotopic (exact) mass is 248 g/mol. The highest BCUT2D eigenvalue weighted by molar-refractivity contribution is 5.41. The Morgan fingerprint density at radius 2 is 2.00 bits per heavy atom. The molecule has 0 bridgehead atoms. The third-order valence-electron chi connectivity index (χ3n) is 4.12. The van der Waals surface area contributed by atoms with Crippen molar-refractivity contribution in [1.29, 1.82) is 0 Å². The van der Waals surface area contributed by atoms with E-state index in [9.17, 15) is 5.11 Å². The number of aliphatic hydroxyl groups is 1. The SMILES string of the molecule is COc1c(C)cccc1CC(O)C1CCCCC1. The van der Waals surface area contributed by atoms with Crippen LogP contribution in [0.1, 0.15) is 43.2 Å². The number of ether oxygens (including phenoxy) is 1. The number of para-hydroxylation sites is 1. The van der Waals surface area contributed by atoms with E-state index in [2.05, 4.69) is 19.1 Å². The lowest BCUT2D eigenvalue weighted by atomic mass is 9.83. The van der Waals surface area contributed by atoms with E-state index in [0.717, 1.165) is 23.3 Å². The van der Waals surface area contributed by atoms with Gasteiger partial charge in [0.2, 0.25) is 0 Å². The molecule has 1 aromatic carbocycles. The molecule has 2 rings (SSSR count). The molecule has 1 aliphatic rings. The predicted molar refractivity (Wildman–Crippen MR) is 74.0 cm³/mol. The molecule has 1 aromatic rings. The molecule has 2 nitrogen and oxygen atoms in total. The molecular formula is C16H24O2. The maximum atomic E-state index is 10.4. The van der Waals surface area contributed by atoms with Crippen LogP contribution < -0.4 is 4.74 Å².